The van der Waals surface area contributed by atoms with E-state index < -0.39 is 0 Å². The first-order valence-corrected chi connectivity index (χ1v) is 8.40. The molecule has 2 N–H and O–H groups in total. The molecule has 1 aliphatic rings. The van der Waals surface area contributed by atoms with Gasteiger partial charge in [0.15, 0.2) is 5.96 Å². The highest BCUT2D eigenvalue weighted by Gasteiger charge is 2.17. The Kier molecular flexibility index (Phi) is 9.66. The Hall–Kier alpha value is -1.38. The van der Waals surface area contributed by atoms with Gasteiger partial charge in [0.05, 0.1) is 0 Å². The number of carbonyl (C=O) groups excluding carboxylic acids is 1. The zero-order valence-corrected chi connectivity index (χ0v) is 16.9. The van der Waals surface area contributed by atoms with Crippen LogP contribution in [-0.4, -0.2) is 54.5 Å². The van der Waals surface area contributed by atoms with Crippen LogP contribution in [0.3, 0.4) is 0 Å². The van der Waals surface area contributed by atoms with Crippen LogP contribution >= 0.6 is 24.0 Å². The van der Waals surface area contributed by atoms with Crippen LogP contribution in [0.1, 0.15) is 30.9 Å². The summed E-state index contributed by atoms with van der Waals surface area (Å²) in [4.78, 5) is 22.5. The van der Waals surface area contributed by atoms with Gasteiger partial charge in [-0.15, -0.1) is 24.0 Å². The zero-order chi connectivity index (χ0) is 16.5. The molecule has 0 atom stereocenters. The molecule has 7 heteroatoms. The molecule has 1 amide bonds. The van der Waals surface area contributed by atoms with Crippen molar-refractivity contribution in [3.63, 3.8) is 0 Å². The SMILES string of the molecule is CCNC(=NCC(=O)N1CCCC1)NCCc1ccncc1C.I. The molecule has 0 aliphatic carbocycles. The number of hydrogen-bond donors (Lipinski definition) is 2. The Morgan fingerprint density at radius 2 is 2.08 bits per heavy atom. The molecule has 6 nitrogen and oxygen atoms in total. The summed E-state index contributed by atoms with van der Waals surface area (Å²) in [6.45, 7) is 7.60. The van der Waals surface area contributed by atoms with Crippen LogP contribution in [0.25, 0.3) is 0 Å². The lowest BCUT2D eigenvalue weighted by molar-refractivity contribution is -0.128. The molecule has 1 aliphatic heterocycles. The minimum atomic E-state index is 0. The van der Waals surface area contributed by atoms with E-state index in [2.05, 4.69) is 27.5 Å². The van der Waals surface area contributed by atoms with Crippen molar-refractivity contribution in [2.75, 3.05) is 32.7 Å². The van der Waals surface area contributed by atoms with Gasteiger partial charge >= 0.3 is 0 Å². The third-order valence-electron chi connectivity index (χ3n) is 4.00. The quantitative estimate of drug-likeness (QED) is 0.398. The van der Waals surface area contributed by atoms with Crippen LogP contribution < -0.4 is 10.6 Å². The number of nitrogens with one attached hydrogen (secondary N) is 2. The summed E-state index contributed by atoms with van der Waals surface area (Å²) in [5.74, 6) is 0.816. The number of aryl methyl sites for hydroxylation is 1. The van der Waals surface area contributed by atoms with E-state index in [1.165, 1.54) is 11.1 Å². The minimum Gasteiger partial charge on any atom is -0.357 e. The summed E-state index contributed by atoms with van der Waals surface area (Å²) in [7, 11) is 0. The maximum absolute atomic E-state index is 12.1. The molecule has 24 heavy (non-hydrogen) atoms. The maximum Gasteiger partial charge on any atom is 0.244 e. The van der Waals surface area contributed by atoms with E-state index in [4.69, 9.17) is 0 Å². The molecule has 1 saturated heterocycles. The Morgan fingerprint density at radius 1 is 1.33 bits per heavy atom. The second-order valence-corrected chi connectivity index (χ2v) is 5.76. The molecule has 1 aromatic rings. The third-order valence-corrected chi connectivity index (χ3v) is 4.00. The summed E-state index contributed by atoms with van der Waals surface area (Å²) in [6, 6.07) is 2.04. The van der Waals surface area contributed by atoms with Gasteiger partial charge in [0.2, 0.25) is 5.91 Å². The van der Waals surface area contributed by atoms with E-state index in [1.807, 2.05) is 30.3 Å². The molecule has 0 unspecified atom stereocenters. The van der Waals surface area contributed by atoms with Crippen molar-refractivity contribution >= 4 is 35.8 Å². The first-order valence-electron chi connectivity index (χ1n) is 8.40. The largest absolute Gasteiger partial charge is 0.357 e. The number of nitrogens with zero attached hydrogens (tertiary/aromatic N) is 3. The fourth-order valence-corrected chi connectivity index (χ4v) is 2.65. The second-order valence-electron chi connectivity index (χ2n) is 5.76. The smallest absolute Gasteiger partial charge is 0.244 e. The summed E-state index contributed by atoms with van der Waals surface area (Å²) >= 11 is 0. The Balaban J connectivity index is 0.00000288. The number of pyridine rings is 1. The lowest BCUT2D eigenvalue weighted by Crippen LogP contribution is -2.39. The monoisotopic (exact) mass is 445 g/mol. The van der Waals surface area contributed by atoms with E-state index in [-0.39, 0.29) is 36.4 Å². The zero-order valence-electron chi connectivity index (χ0n) is 14.5. The van der Waals surface area contributed by atoms with Crippen molar-refractivity contribution in [1.82, 2.24) is 20.5 Å². The summed E-state index contributed by atoms with van der Waals surface area (Å²) in [6.07, 6.45) is 6.82. The molecule has 0 aromatic carbocycles. The van der Waals surface area contributed by atoms with Crippen molar-refractivity contribution in [1.29, 1.82) is 0 Å². The predicted octanol–water partition coefficient (Wildman–Crippen LogP) is 1.73. The Labute approximate surface area is 161 Å². The molecule has 0 bridgehead atoms. The van der Waals surface area contributed by atoms with Crippen molar-refractivity contribution < 1.29 is 4.79 Å². The summed E-state index contributed by atoms with van der Waals surface area (Å²) in [5, 5.41) is 6.48. The molecule has 0 spiro atoms. The highest BCUT2D eigenvalue weighted by molar-refractivity contribution is 14.0. The van der Waals surface area contributed by atoms with Crippen LogP contribution in [0.2, 0.25) is 0 Å². The standard InChI is InChI=1S/C17H27N5O.HI/c1-3-19-17(21-13-16(23)22-10-4-5-11-22)20-9-7-15-6-8-18-12-14(15)2;/h6,8,12H,3-5,7,9-11,13H2,1-2H3,(H2,19,20,21);1H. The normalized spacial score (nSPS) is 14.2. The fraction of sp³-hybridized carbons (Fsp3) is 0.588. The molecule has 0 saturated carbocycles. The Morgan fingerprint density at radius 3 is 2.75 bits per heavy atom. The molecular weight excluding hydrogens is 417 g/mol. The van der Waals surface area contributed by atoms with Gasteiger partial charge in [-0.25, -0.2) is 4.99 Å². The first-order chi connectivity index (χ1) is 11.2. The molecule has 0 radical (unpaired) electrons. The number of halogens is 1. The van der Waals surface area contributed by atoms with Gasteiger partial charge in [0.25, 0.3) is 0 Å². The number of aromatic nitrogens is 1. The number of rotatable bonds is 6. The van der Waals surface area contributed by atoms with Crippen molar-refractivity contribution in [3.8, 4) is 0 Å². The van der Waals surface area contributed by atoms with Gasteiger partial charge < -0.3 is 15.5 Å². The van der Waals surface area contributed by atoms with Crippen molar-refractivity contribution in [2.24, 2.45) is 4.99 Å². The van der Waals surface area contributed by atoms with E-state index in [0.29, 0.717) is 5.96 Å². The van der Waals surface area contributed by atoms with Crippen LogP contribution in [0.15, 0.2) is 23.5 Å². The highest BCUT2D eigenvalue weighted by Crippen LogP contribution is 2.07. The number of carbonyl (C=O) groups is 1. The molecular formula is C17H28IN5O. The average Bonchev–Trinajstić information content (AvgIpc) is 3.08. The van der Waals surface area contributed by atoms with Gasteiger partial charge in [-0.3, -0.25) is 9.78 Å². The Bertz CT molecular complexity index is 544. The van der Waals surface area contributed by atoms with Gasteiger partial charge in [-0.1, -0.05) is 0 Å². The van der Waals surface area contributed by atoms with E-state index in [1.54, 1.807) is 0 Å². The number of guanidine groups is 1. The minimum absolute atomic E-state index is 0. The molecule has 2 heterocycles. The number of hydrogen-bond acceptors (Lipinski definition) is 3. The molecule has 1 fully saturated rings. The van der Waals surface area contributed by atoms with Crippen LogP contribution in [0.4, 0.5) is 0 Å². The van der Waals surface area contributed by atoms with Gasteiger partial charge in [-0.2, -0.15) is 0 Å². The van der Waals surface area contributed by atoms with Crippen molar-refractivity contribution in [3.05, 3.63) is 29.6 Å². The number of amides is 1. The first kappa shape index (κ1) is 20.7. The number of aliphatic imine (C=N–C) groups is 1. The lowest BCUT2D eigenvalue weighted by Gasteiger charge is -2.15. The predicted molar refractivity (Wildman–Crippen MR) is 108 cm³/mol. The van der Waals surface area contributed by atoms with Crippen molar-refractivity contribution in [2.45, 2.75) is 33.1 Å². The fourth-order valence-electron chi connectivity index (χ4n) is 2.65. The summed E-state index contributed by atoms with van der Waals surface area (Å²) < 4.78 is 0. The van der Waals surface area contributed by atoms with Crippen LogP contribution in [0, 0.1) is 6.92 Å². The highest BCUT2D eigenvalue weighted by atomic mass is 127. The molecule has 2 rings (SSSR count). The lowest BCUT2D eigenvalue weighted by atomic mass is 10.1. The second kappa shape index (κ2) is 11.2. The van der Waals surface area contributed by atoms with Gasteiger partial charge in [-0.05, 0) is 50.3 Å². The van der Waals surface area contributed by atoms with E-state index >= 15 is 0 Å². The van der Waals surface area contributed by atoms with Gasteiger partial charge in [0, 0.05) is 38.6 Å². The number of likely N-dealkylation sites (tertiary alicyclic amines) is 1. The maximum atomic E-state index is 12.1. The summed E-state index contributed by atoms with van der Waals surface area (Å²) in [5.41, 5.74) is 2.47. The average molecular weight is 445 g/mol. The molecule has 1 aromatic heterocycles. The van der Waals surface area contributed by atoms with E-state index in [9.17, 15) is 4.79 Å². The van der Waals surface area contributed by atoms with Crippen LogP contribution in [0.5, 0.6) is 0 Å². The van der Waals surface area contributed by atoms with Gasteiger partial charge in [0.1, 0.15) is 6.54 Å². The third kappa shape index (κ3) is 6.62. The van der Waals surface area contributed by atoms with Crippen LogP contribution in [-0.2, 0) is 11.2 Å². The van der Waals surface area contributed by atoms with E-state index in [0.717, 1.165) is 45.4 Å². The molecule has 134 valence electrons. The topological polar surface area (TPSA) is 69.6 Å².